The van der Waals surface area contributed by atoms with Crippen molar-refractivity contribution >= 4 is 59.8 Å². The summed E-state index contributed by atoms with van der Waals surface area (Å²) in [5.41, 5.74) is -1.40. The van der Waals surface area contributed by atoms with E-state index in [-0.39, 0.29) is 37.7 Å². The molecule has 1 rings (SSSR count). The molecule has 0 saturated heterocycles. The average Bonchev–Trinajstić information content (AvgIpc) is 2.15. The van der Waals surface area contributed by atoms with Crippen LogP contribution in [0.15, 0.2) is 23.1 Å². The Morgan fingerprint density at radius 2 is 1.65 bits per heavy atom. The first kappa shape index (κ1) is 16.3. The van der Waals surface area contributed by atoms with Crippen LogP contribution < -0.4 is 10.2 Å². The Balaban J connectivity index is 0.00000256. The molecule has 7 nitrogen and oxygen atoms in total. The molecule has 0 aliphatic rings. The van der Waals surface area contributed by atoms with E-state index >= 15 is 0 Å². The summed E-state index contributed by atoms with van der Waals surface area (Å²) < 4.78 is 30.3. The molecule has 0 aliphatic carbocycles. The number of benzene rings is 1. The summed E-state index contributed by atoms with van der Waals surface area (Å²) in [6.07, 6.45) is 0. The number of hydrogen-bond acceptors (Lipinski definition) is 6. The summed E-state index contributed by atoms with van der Waals surface area (Å²) in [4.78, 5) is 19.9. The minimum Gasteiger partial charge on any atom is -0.545 e. The van der Waals surface area contributed by atoms with Crippen LogP contribution in [-0.2, 0) is 10.1 Å². The summed E-state index contributed by atoms with van der Waals surface area (Å²) >= 11 is 0. The van der Waals surface area contributed by atoms with Crippen molar-refractivity contribution in [3.8, 4) is 0 Å². The minimum absolute atomic E-state index is 0. The fourth-order valence-corrected chi connectivity index (χ4v) is 1.74. The molecule has 0 radical (unpaired) electrons. The van der Waals surface area contributed by atoms with E-state index in [1.807, 2.05) is 0 Å². The average molecular weight is 284 g/mol. The van der Waals surface area contributed by atoms with Crippen molar-refractivity contribution in [3.63, 3.8) is 0 Å². The Morgan fingerprint density at radius 1 is 1.12 bits per heavy atom. The molecule has 17 heavy (non-hydrogen) atoms. The maximum absolute atomic E-state index is 10.8. The van der Waals surface area contributed by atoms with Gasteiger partial charge < -0.3 is 19.8 Å². The smallest absolute Gasteiger partial charge is 0.545 e. The molecule has 0 atom stereocenters. The molecule has 0 unspecified atom stereocenters. The summed E-state index contributed by atoms with van der Waals surface area (Å²) in [6, 6.07) is 2.01. The second-order valence-corrected chi connectivity index (χ2v) is 4.15. The van der Waals surface area contributed by atoms with E-state index in [1.165, 1.54) is 0 Å². The standard InChI is InChI=1S/C8H6O7S.Ca/c9-7(10)4-1-2-5(8(11)12)6(3-4)16(13,14)15;/h1-3H,(H,9,10)(H,11,12)(H,13,14,15);/q;+2/p-2. The van der Waals surface area contributed by atoms with Gasteiger partial charge in [0.25, 0.3) is 10.1 Å². The van der Waals surface area contributed by atoms with Gasteiger partial charge in [0.1, 0.15) is 4.90 Å². The van der Waals surface area contributed by atoms with Crippen LogP contribution >= 0.6 is 0 Å². The third-order valence-electron chi connectivity index (χ3n) is 1.72. The van der Waals surface area contributed by atoms with Crippen molar-refractivity contribution in [1.82, 2.24) is 0 Å². The molecule has 0 saturated carbocycles. The summed E-state index contributed by atoms with van der Waals surface area (Å²) in [6.45, 7) is 0. The van der Waals surface area contributed by atoms with Gasteiger partial charge in [-0.05, 0) is 11.6 Å². The van der Waals surface area contributed by atoms with Gasteiger partial charge in [-0.1, -0.05) is 12.1 Å². The van der Waals surface area contributed by atoms with Crippen molar-refractivity contribution in [3.05, 3.63) is 29.3 Å². The van der Waals surface area contributed by atoms with Crippen LogP contribution in [0.3, 0.4) is 0 Å². The van der Waals surface area contributed by atoms with E-state index in [2.05, 4.69) is 0 Å². The number of aromatic carboxylic acids is 2. The van der Waals surface area contributed by atoms with Crippen molar-refractivity contribution in [2.75, 3.05) is 0 Å². The number of carbonyl (C=O) groups excluding carboxylic acids is 2. The van der Waals surface area contributed by atoms with E-state index in [4.69, 9.17) is 4.55 Å². The molecule has 1 N–H and O–H groups in total. The zero-order valence-corrected chi connectivity index (χ0v) is 11.3. The minimum atomic E-state index is -4.85. The van der Waals surface area contributed by atoms with Gasteiger partial charge >= 0.3 is 37.7 Å². The van der Waals surface area contributed by atoms with Crippen LogP contribution in [0.2, 0.25) is 0 Å². The molecule has 9 heteroatoms. The van der Waals surface area contributed by atoms with Crippen molar-refractivity contribution in [2.45, 2.75) is 4.90 Å². The quantitative estimate of drug-likeness (QED) is 0.470. The van der Waals surface area contributed by atoms with Gasteiger partial charge in [0.2, 0.25) is 0 Å². The monoisotopic (exact) mass is 284 g/mol. The maximum atomic E-state index is 10.8. The molecule has 1 aromatic carbocycles. The third-order valence-corrected chi connectivity index (χ3v) is 2.61. The number of hydrogen-bond donors (Lipinski definition) is 1. The largest absolute Gasteiger partial charge is 2.00 e. The zero-order chi connectivity index (χ0) is 12.5. The summed E-state index contributed by atoms with van der Waals surface area (Å²) in [7, 11) is -4.85. The van der Waals surface area contributed by atoms with E-state index in [9.17, 15) is 28.2 Å². The summed E-state index contributed by atoms with van der Waals surface area (Å²) in [5.74, 6) is -3.55. The fourth-order valence-electron chi connectivity index (χ4n) is 1.03. The second-order valence-electron chi connectivity index (χ2n) is 2.76. The van der Waals surface area contributed by atoms with E-state index < -0.39 is 38.1 Å². The Bertz CT molecular complexity index is 563. The number of rotatable bonds is 3. The molecule has 0 aliphatic heterocycles. The molecule has 0 aromatic heterocycles. The van der Waals surface area contributed by atoms with Gasteiger partial charge in [0, 0.05) is 5.56 Å². The Hall–Kier alpha value is -0.670. The first-order chi connectivity index (χ1) is 7.23. The van der Waals surface area contributed by atoms with Crippen LogP contribution in [-0.4, -0.2) is 62.6 Å². The first-order valence-electron chi connectivity index (χ1n) is 3.77. The zero-order valence-electron chi connectivity index (χ0n) is 8.24. The van der Waals surface area contributed by atoms with Gasteiger partial charge in [0.05, 0.1) is 11.9 Å². The van der Waals surface area contributed by atoms with Gasteiger partial charge in [0.15, 0.2) is 0 Å². The topological polar surface area (TPSA) is 135 Å². The van der Waals surface area contributed by atoms with Gasteiger partial charge in [-0.25, -0.2) is 0 Å². The van der Waals surface area contributed by atoms with Gasteiger partial charge in [-0.15, -0.1) is 0 Å². The second kappa shape index (κ2) is 5.78. The van der Waals surface area contributed by atoms with E-state index in [0.29, 0.717) is 12.1 Å². The maximum Gasteiger partial charge on any atom is 2.00 e. The predicted octanol–water partition coefficient (Wildman–Crippen LogP) is -2.72. The Morgan fingerprint density at radius 3 is 2.00 bits per heavy atom. The normalized spacial score (nSPS) is 10.4. The fraction of sp³-hybridized carbons (Fsp3) is 0. The van der Waals surface area contributed by atoms with Gasteiger partial charge in [-0.3, -0.25) is 4.55 Å². The molecule has 1 aromatic rings. The van der Waals surface area contributed by atoms with Crippen LogP contribution in [0.1, 0.15) is 20.7 Å². The molecular weight excluding hydrogens is 280 g/mol. The Labute approximate surface area is 126 Å². The van der Waals surface area contributed by atoms with Crippen LogP contribution in [0.4, 0.5) is 0 Å². The molecule has 86 valence electrons. The van der Waals surface area contributed by atoms with Crippen molar-refractivity contribution in [1.29, 1.82) is 0 Å². The SMILES string of the molecule is O=C([O-])c1ccc(C(=O)[O-])c(S(=O)(=O)O)c1.[Ca+2]. The van der Waals surface area contributed by atoms with E-state index in [0.717, 1.165) is 6.07 Å². The van der Waals surface area contributed by atoms with Crippen LogP contribution in [0, 0.1) is 0 Å². The van der Waals surface area contributed by atoms with Crippen LogP contribution in [0.25, 0.3) is 0 Å². The van der Waals surface area contributed by atoms with Crippen LogP contribution in [0.5, 0.6) is 0 Å². The number of carbonyl (C=O) groups is 2. The molecule has 0 fully saturated rings. The summed E-state index contributed by atoms with van der Waals surface area (Å²) in [5, 5.41) is 20.9. The third kappa shape index (κ3) is 3.93. The first-order valence-corrected chi connectivity index (χ1v) is 5.21. The molecule has 0 bridgehead atoms. The van der Waals surface area contributed by atoms with Crippen molar-refractivity contribution in [2.24, 2.45) is 0 Å². The van der Waals surface area contributed by atoms with Gasteiger partial charge in [-0.2, -0.15) is 8.42 Å². The molecule has 0 heterocycles. The van der Waals surface area contributed by atoms with Crippen molar-refractivity contribution < 1.29 is 32.8 Å². The molecular formula is C8H4CaO7S. The Kier molecular flexibility index (Phi) is 5.56. The van der Waals surface area contributed by atoms with E-state index in [1.54, 1.807) is 0 Å². The number of carboxylic acids is 2. The number of carboxylic acid groups (broad SMARTS) is 2. The molecule has 0 amide bonds. The predicted molar refractivity (Wildman–Crippen MR) is 50.7 cm³/mol. The molecule has 0 spiro atoms.